The van der Waals surface area contributed by atoms with E-state index < -0.39 is 11.7 Å². The van der Waals surface area contributed by atoms with Crippen molar-refractivity contribution in [3.05, 3.63) is 35.4 Å². The standard InChI is InChI=1S/C15H21F3N2/c1-19-9-14(12-6-7-20(2)10-12)11-4-3-5-13(8-11)15(16,17)18/h3-5,8,12,14,19H,6-7,9-10H2,1-2H3. The molecule has 0 radical (unpaired) electrons. The molecule has 1 aromatic carbocycles. The maximum Gasteiger partial charge on any atom is 0.416 e. The number of hydrogen-bond acceptors (Lipinski definition) is 2. The molecule has 1 aromatic rings. The monoisotopic (exact) mass is 286 g/mol. The van der Waals surface area contributed by atoms with Gasteiger partial charge in [0.05, 0.1) is 5.56 Å². The molecule has 1 aliphatic heterocycles. The normalized spacial score (nSPS) is 22.1. The first-order valence-corrected chi connectivity index (χ1v) is 6.92. The van der Waals surface area contributed by atoms with Crippen molar-refractivity contribution in [2.75, 3.05) is 33.7 Å². The molecule has 0 spiro atoms. The number of likely N-dealkylation sites (tertiary alicyclic amines) is 1. The van der Waals surface area contributed by atoms with Gasteiger partial charge in [-0.2, -0.15) is 13.2 Å². The second-order valence-corrected chi connectivity index (χ2v) is 5.60. The van der Waals surface area contributed by atoms with Gasteiger partial charge in [-0.15, -0.1) is 0 Å². The maximum absolute atomic E-state index is 12.8. The van der Waals surface area contributed by atoms with Crippen LogP contribution < -0.4 is 5.32 Å². The molecule has 1 N–H and O–H groups in total. The van der Waals surface area contributed by atoms with Crippen molar-refractivity contribution in [3.63, 3.8) is 0 Å². The van der Waals surface area contributed by atoms with Crippen molar-refractivity contribution in [3.8, 4) is 0 Å². The van der Waals surface area contributed by atoms with E-state index in [1.54, 1.807) is 0 Å². The van der Waals surface area contributed by atoms with Crippen molar-refractivity contribution < 1.29 is 13.2 Å². The number of nitrogens with zero attached hydrogens (tertiary/aromatic N) is 1. The zero-order valence-electron chi connectivity index (χ0n) is 11.9. The molecule has 112 valence electrons. The molecular weight excluding hydrogens is 265 g/mol. The highest BCUT2D eigenvalue weighted by atomic mass is 19.4. The topological polar surface area (TPSA) is 15.3 Å². The lowest BCUT2D eigenvalue weighted by molar-refractivity contribution is -0.137. The highest BCUT2D eigenvalue weighted by Gasteiger charge is 2.33. The SMILES string of the molecule is CNCC(c1cccc(C(F)(F)F)c1)C1CCN(C)C1. The van der Waals surface area contributed by atoms with E-state index in [0.717, 1.165) is 31.1 Å². The van der Waals surface area contributed by atoms with Crippen LogP contribution in [0.3, 0.4) is 0 Å². The number of halogens is 3. The van der Waals surface area contributed by atoms with Crippen LogP contribution in [0.4, 0.5) is 13.2 Å². The minimum Gasteiger partial charge on any atom is -0.319 e. The molecular formula is C15H21F3N2. The Labute approximate surface area is 118 Å². The van der Waals surface area contributed by atoms with E-state index >= 15 is 0 Å². The van der Waals surface area contributed by atoms with E-state index in [4.69, 9.17) is 0 Å². The van der Waals surface area contributed by atoms with Gasteiger partial charge in [0.15, 0.2) is 0 Å². The molecule has 0 amide bonds. The molecule has 1 aliphatic rings. The number of benzene rings is 1. The third-order valence-electron chi connectivity index (χ3n) is 4.06. The van der Waals surface area contributed by atoms with Gasteiger partial charge in [-0.25, -0.2) is 0 Å². The minimum absolute atomic E-state index is 0.132. The zero-order chi connectivity index (χ0) is 14.8. The summed E-state index contributed by atoms with van der Waals surface area (Å²) in [5, 5.41) is 3.12. The van der Waals surface area contributed by atoms with Crippen molar-refractivity contribution in [1.82, 2.24) is 10.2 Å². The molecule has 0 aliphatic carbocycles. The van der Waals surface area contributed by atoms with Gasteiger partial charge in [0.25, 0.3) is 0 Å². The second kappa shape index (κ2) is 6.14. The third-order valence-corrected chi connectivity index (χ3v) is 4.06. The Morgan fingerprint density at radius 1 is 1.40 bits per heavy atom. The first-order chi connectivity index (χ1) is 9.41. The first kappa shape index (κ1) is 15.3. The van der Waals surface area contributed by atoms with E-state index in [1.165, 1.54) is 12.1 Å². The maximum atomic E-state index is 12.8. The fourth-order valence-electron chi connectivity index (χ4n) is 3.02. The second-order valence-electron chi connectivity index (χ2n) is 5.60. The summed E-state index contributed by atoms with van der Waals surface area (Å²) >= 11 is 0. The molecule has 1 fully saturated rings. The fourth-order valence-corrected chi connectivity index (χ4v) is 3.02. The molecule has 20 heavy (non-hydrogen) atoms. The molecule has 0 bridgehead atoms. The Balaban J connectivity index is 2.25. The van der Waals surface area contributed by atoms with Gasteiger partial charge < -0.3 is 10.2 Å². The van der Waals surface area contributed by atoms with Crippen molar-refractivity contribution >= 4 is 0 Å². The van der Waals surface area contributed by atoms with Crippen LogP contribution in [-0.2, 0) is 6.18 Å². The van der Waals surface area contributed by atoms with Crippen LogP contribution in [0.5, 0.6) is 0 Å². The summed E-state index contributed by atoms with van der Waals surface area (Å²) in [7, 11) is 3.90. The average Bonchev–Trinajstić information content (AvgIpc) is 2.81. The molecule has 1 saturated heterocycles. The number of nitrogens with one attached hydrogen (secondary N) is 1. The van der Waals surface area contributed by atoms with Crippen LogP contribution in [0.15, 0.2) is 24.3 Å². The Bertz CT molecular complexity index is 445. The molecule has 5 heteroatoms. The Morgan fingerprint density at radius 3 is 2.70 bits per heavy atom. The van der Waals surface area contributed by atoms with Crippen molar-refractivity contribution in [2.24, 2.45) is 5.92 Å². The fraction of sp³-hybridized carbons (Fsp3) is 0.600. The van der Waals surface area contributed by atoms with E-state index in [2.05, 4.69) is 17.3 Å². The van der Waals surface area contributed by atoms with E-state index in [0.29, 0.717) is 12.5 Å². The summed E-state index contributed by atoms with van der Waals surface area (Å²) in [5.74, 6) is 0.545. The third kappa shape index (κ3) is 3.52. The van der Waals surface area contributed by atoms with Crippen molar-refractivity contribution in [1.29, 1.82) is 0 Å². The van der Waals surface area contributed by atoms with Crippen LogP contribution in [0.1, 0.15) is 23.5 Å². The largest absolute Gasteiger partial charge is 0.416 e. The quantitative estimate of drug-likeness (QED) is 0.915. The Kier molecular flexibility index (Phi) is 4.70. The van der Waals surface area contributed by atoms with Gasteiger partial charge in [-0.1, -0.05) is 18.2 Å². The summed E-state index contributed by atoms with van der Waals surface area (Å²) in [6.07, 6.45) is -3.23. The molecule has 2 unspecified atom stereocenters. The Morgan fingerprint density at radius 2 is 2.15 bits per heavy atom. The molecule has 2 rings (SSSR count). The van der Waals surface area contributed by atoms with Crippen LogP contribution in [0, 0.1) is 5.92 Å². The van der Waals surface area contributed by atoms with Crippen LogP contribution in [0.25, 0.3) is 0 Å². The van der Waals surface area contributed by atoms with Crippen LogP contribution in [-0.4, -0.2) is 38.6 Å². The minimum atomic E-state index is -4.27. The van der Waals surface area contributed by atoms with E-state index in [9.17, 15) is 13.2 Å². The predicted molar refractivity (Wildman–Crippen MR) is 73.7 cm³/mol. The summed E-state index contributed by atoms with van der Waals surface area (Å²) in [6, 6.07) is 5.77. The van der Waals surface area contributed by atoms with Gasteiger partial charge in [-0.3, -0.25) is 0 Å². The lowest BCUT2D eigenvalue weighted by atomic mass is 9.84. The van der Waals surface area contributed by atoms with Gasteiger partial charge in [0.1, 0.15) is 0 Å². The average molecular weight is 286 g/mol. The van der Waals surface area contributed by atoms with E-state index in [1.807, 2.05) is 13.1 Å². The van der Waals surface area contributed by atoms with Gasteiger partial charge in [0, 0.05) is 19.0 Å². The smallest absolute Gasteiger partial charge is 0.319 e. The van der Waals surface area contributed by atoms with E-state index in [-0.39, 0.29) is 5.92 Å². The number of rotatable bonds is 4. The lowest BCUT2D eigenvalue weighted by Gasteiger charge is -2.24. The molecule has 1 heterocycles. The van der Waals surface area contributed by atoms with Gasteiger partial charge >= 0.3 is 6.18 Å². The highest BCUT2D eigenvalue weighted by molar-refractivity contribution is 5.29. The number of alkyl halides is 3. The summed E-state index contributed by atoms with van der Waals surface area (Å²) in [5.41, 5.74) is 0.233. The van der Waals surface area contributed by atoms with Crippen LogP contribution >= 0.6 is 0 Å². The molecule has 2 nitrogen and oxygen atoms in total. The Hall–Kier alpha value is -1.07. The van der Waals surface area contributed by atoms with Gasteiger partial charge in [-0.05, 0) is 44.6 Å². The number of hydrogen-bond donors (Lipinski definition) is 1. The first-order valence-electron chi connectivity index (χ1n) is 6.92. The summed E-state index contributed by atoms with van der Waals surface area (Å²) < 4.78 is 38.5. The van der Waals surface area contributed by atoms with Crippen LogP contribution in [0.2, 0.25) is 0 Å². The summed E-state index contributed by atoms with van der Waals surface area (Å²) in [6.45, 7) is 2.67. The zero-order valence-corrected chi connectivity index (χ0v) is 11.9. The molecule has 2 atom stereocenters. The van der Waals surface area contributed by atoms with Gasteiger partial charge in [0.2, 0.25) is 0 Å². The molecule has 0 saturated carbocycles. The molecule has 0 aromatic heterocycles. The highest BCUT2D eigenvalue weighted by Crippen LogP contribution is 2.35. The lowest BCUT2D eigenvalue weighted by Crippen LogP contribution is -2.26. The number of likely N-dealkylation sites (N-methyl/N-ethyl adjacent to an activating group) is 1. The van der Waals surface area contributed by atoms with Crippen molar-refractivity contribution in [2.45, 2.75) is 18.5 Å². The predicted octanol–water partition coefficient (Wildman–Crippen LogP) is 2.96. The summed E-state index contributed by atoms with van der Waals surface area (Å²) in [4.78, 5) is 2.24.